The van der Waals surface area contributed by atoms with Crippen molar-refractivity contribution >= 4 is 11.7 Å². The number of nitrogens with zero attached hydrogens (tertiary/aromatic N) is 6. The molecule has 182 valence electrons. The average Bonchev–Trinajstić information content (AvgIpc) is 2.84. The highest BCUT2D eigenvalue weighted by atomic mass is 16.2. The zero-order valence-electron chi connectivity index (χ0n) is 20.7. The Labute approximate surface area is 203 Å². The van der Waals surface area contributed by atoms with Gasteiger partial charge >= 0.3 is 0 Å². The molecule has 1 saturated carbocycles. The molecule has 3 fully saturated rings. The van der Waals surface area contributed by atoms with E-state index in [1.807, 2.05) is 12.4 Å². The van der Waals surface area contributed by atoms with E-state index in [1.54, 1.807) is 0 Å². The van der Waals surface area contributed by atoms with E-state index in [4.69, 9.17) is 9.97 Å². The second-order valence-electron chi connectivity index (χ2n) is 10.3. The van der Waals surface area contributed by atoms with Crippen molar-refractivity contribution in [2.45, 2.75) is 45.1 Å². The fourth-order valence-corrected chi connectivity index (χ4v) is 5.21. The summed E-state index contributed by atoms with van der Waals surface area (Å²) in [4.78, 5) is 31.5. The smallest absolute Gasteiger partial charge is 0.236 e. The Bertz CT molecular complexity index is 957. The van der Waals surface area contributed by atoms with Gasteiger partial charge in [-0.05, 0) is 30.4 Å². The highest BCUT2D eigenvalue weighted by molar-refractivity contribution is 5.78. The van der Waals surface area contributed by atoms with Crippen LogP contribution in [0.3, 0.4) is 0 Å². The van der Waals surface area contributed by atoms with Gasteiger partial charge in [0.05, 0.1) is 24.6 Å². The minimum Gasteiger partial charge on any atom is -0.353 e. The van der Waals surface area contributed by atoms with E-state index in [2.05, 4.69) is 57.7 Å². The van der Waals surface area contributed by atoms with Crippen LogP contribution >= 0.6 is 0 Å². The topological polar surface area (TPSA) is 55.8 Å². The third kappa shape index (κ3) is 5.26. The summed E-state index contributed by atoms with van der Waals surface area (Å²) >= 11 is 0. The maximum Gasteiger partial charge on any atom is 0.236 e. The van der Waals surface area contributed by atoms with Crippen molar-refractivity contribution in [3.63, 3.8) is 0 Å². The van der Waals surface area contributed by atoms with Gasteiger partial charge in [-0.2, -0.15) is 0 Å². The first-order valence-corrected chi connectivity index (χ1v) is 13.0. The lowest BCUT2D eigenvalue weighted by Crippen LogP contribution is -2.56. The van der Waals surface area contributed by atoms with Gasteiger partial charge < -0.3 is 9.80 Å². The van der Waals surface area contributed by atoms with E-state index < -0.39 is 0 Å². The van der Waals surface area contributed by atoms with Gasteiger partial charge in [0.1, 0.15) is 5.82 Å². The van der Waals surface area contributed by atoms with Crippen LogP contribution in [0, 0.1) is 0 Å². The molecule has 0 bridgehead atoms. The van der Waals surface area contributed by atoms with E-state index >= 15 is 0 Å². The molecule has 1 aromatic heterocycles. The van der Waals surface area contributed by atoms with Crippen LogP contribution in [0.1, 0.15) is 44.6 Å². The number of hydrogen-bond donors (Lipinski definition) is 0. The van der Waals surface area contributed by atoms with Crippen LogP contribution < -0.4 is 4.90 Å². The van der Waals surface area contributed by atoms with E-state index in [9.17, 15) is 4.79 Å². The molecule has 34 heavy (non-hydrogen) atoms. The Hall–Kier alpha value is -2.51. The Morgan fingerprint density at radius 1 is 0.971 bits per heavy atom. The van der Waals surface area contributed by atoms with Crippen LogP contribution in [0.25, 0.3) is 11.3 Å². The van der Waals surface area contributed by atoms with Gasteiger partial charge in [-0.3, -0.25) is 19.6 Å². The summed E-state index contributed by atoms with van der Waals surface area (Å²) in [5.74, 6) is 1.70. The largest absolute Gasteiger partial charge is 0.353 e. The molecule has 7 heteroatoms. The van der Waals surface area contributed by atoms with Gasteiger partial charge in [-0.1, -0.05) is 38.5 Å². The lowest BCUT2D eigenvalue weighted by Gasteiger charge is -2.43. The molecule has 1 aromatic carbocycles. The zero-order chi connectivity index (χ0) is 23.5. The molecule has 0 radical (unpaired) electrons. The Morgan fingerprint density at radius 3 is 2.35 bits per heavy atom. The first-order chi connectivity index (χ1) is 16.6. The Morgan fingerprint density at radius 2 is 1.74 bits per heavy atom. The molecule has 2 aliphatic heterocycles. The van der Waals surface area contributed by atoms with Gasteiger partial charge in [0.2, 0.25) is 5.91 Å². The molecule has 1 amide bonds. The molecule has 0 atom stereocenters. The molecule has 0 unspecified atom stereocenters. The van der Waals surface area contributed by atoms with Gasteiger partial charge in [0.15, 0.2) is 0 Å². The molecule has 5 rings (SSSR count). The van der Waals surface area contributed by atoms with Gasteiger partial charge in [0, 0.05) is 64.0 Å². The van der Waals surface area contributed by atoms with Crippen LogP contribution in [0.2, 0.25) is 0 Å². The molecule has 0 N–H and O–H groups in total. The normalized spacial score (nSPS) is 20.6. The third-order valence-corrected chi connectivity index (χ3v) is 7.80. The standard InChI is InChI=1S/C27H38N6O/c1-21(2)22-5-3-6-23(17-22)25-18-29-26(19-28-25)32-11-9-30(10-12-32)20-27(34)33-15-13-31(14-16-33)24-7-4-8-24/h3,5-6,17-19,21,24H,4,7-16,20H2,1-2H3. The van der Waals surface area contributed by atoms with Gasteiger partial charge in [-0.15, -0.1) is 0 Å². The van der Waals surface area contributed by atoms with E-state index in [-0.39, 0.29) is 5.91 Å². The van der Waals surface area contributed by atoms with E-state index in [1.165, 1.54) is 24.8 Å². The van der Waals surface area contributed by atoms with Crippen LogP contribution in [-0.4, -0.2) is 95.5 Å². The number of aromatic nitrogens is 2. The van der Waals surface area contributed by atoms with Crippen LogP contribution in [-0.2, 0) is 4.79 Å². The highest BCUT2D eigenvalue weighted by Gasteiger charge is 2.30. The maximum atomic E-state index is 12.8. The zero-order valence-corrected chi connectivity index (χ0v) is 20.7. The average molecular weight is 463 g/mol. The number of amides is 1. The summed E-state index contributed by atoms with van der Waals surface area (Å²) < 4.78 is 0. The summed E-state index contributed by atoms with van der Waals surface area (Å²) in [6, 6.07) is 9.34. The van der Waals surface area contributed by atoms with Crippen molar-refractivity contribution in [2.75, 3.05) is 63.8 Å². The SMILES string of the molecule is CC(C)c1cccc(-c2cnc(N3CCN(CC(=O)N4CCN(C5CCC5)CC4)CC3)cn2)c1. The van der Waals surface area contributed by atoms with Crippen molar-refractivity contribution in [3.8, 4) is 11.3 Å². The summed E-state index contributed by atoms with van der Waals surface area (Å²) in [6.45, 7) is 12.3. The maximum absolute atomic E-state index is 12.8. The minimum atomic E-state index is 0.287. The molecule has 7 nitrogen and oxygen atoms in total. The Kier molecular flexibility index (Phi) is 7.11. The number of benzene rings is 1. The number of anilines is 1. The number of rotatable bonds is 6. The first-order valence-electron chi connectivity index (χ1n) is 13.0. The molecular weight excluding hydrogens is 424 g/mol. The quantitative estimate of drug-likeness (QED) is 0.658. The van der Waals surface area contributed by atoms with Crippen LogP contribution in [0.4, 0.5) is 5.82 Å². The summed E-state index contributed by atoms with van der Waals surface area (Å²) in [5, 5.41) is 0. The number of piperazine rings is 2. The molecule has 0 spiro atoms. The minimum absolute atomic E-state index is 0.287. The lowest BCUT2D eigenvalue weighted by molar-refractivity contribution is -0.134. The van der Waals surface area contributed by atoms with Crippen molar-refractivity contribution in [1.82, 2.24) is 24.7 Å². The molecule has 3 heterocycles. The monoisotopic (exact) mass is 462 g/mol. The second kappa shape index (κ2) is 10.4. The van der Waals surface area contributed by atoms with E-state index in [0.29, 0.717) is 12.5 Å². The lowest BCUT2D eigenvalue weighted by atomic mass is 9.91. The Balaban J connectivity index is 1.09. The van der Waals surface area contributed by atoms with Crippen molar-refractivity contribution in [2.24, 2.45) is 0 Å². The second-order valence-corrected chi connectivity index (χ2v) is 10.3. The summed E-state index contributed by atoms with van der Waals surface area (Å²) in [5.41, 5.74) is 3.34. The van der Waals surface area contributed by atoms with Crippen LogP contribution in [0.5, 0.6) is 0 Å². The van der Waals surface area contributed by atoms with Gasteiger partial charge in [-0.25, -0.2) is 4.98 Å². The predicted octanol–water partition coefficient (Wildman–Crippen LogP) is 3.09. The number of hydrogen-bond acceptors (Lipinski definition) is 6. The van der Waals surface area contributed by atoms with Crippen molar-refractivity contribution < 1.29 is 4.79 Å². The van der Waals surface area contributed by atoms with Crippen molar-refractivity contribution in [3.05, 3.63) is 42.2 Å². The first kappa shape index (κ1) is 23.2. The molecule has 2 saturated heterocycles. The fourth-order valence-electron chi connectivity index (χ4n) is 5.21. The predicted molar refractivity (Wildman–Crippen MR) is 136 cm³/mol. The molecule has 3 aliphatic rings. The summed E-state index contributed by atoms with van der Waals surface area (Å²) in [7, 11) is 0. The summed E-state index contributed by atoms with van der Waals surface area (Å²) in [6.07, 6.45) is 7.83. The van der Waals surface area contributed by atoms with Crippen LogP contribution in [0.15, 0.2) is 36.7 Å². The van der Waals surface area contributed by atoms with Crippen molar-refractivity contribution in [1.29, 1.82) is 0 Å². The highest BCUT2D eigenvalue weighted by Crippen LogP contribution is 2.26. The van der Waals surface area contributed by atoms with Gasteiger partial charge in [0.25, 0.3) is 0 Å². The number of carbonyl (C=O) groups is 1. The molecular formula is C27H38N6O. The molecule has 2 aromatic rings. The third-order valence-electron chi connectivity index (χ3n) is 7.80. The fraction of sp³-hybridized carbons (Fsp3) is 0.593. The number of carbonyl (C=O) groups excluding carboxylic acids is 1. The van der Waals surface area contributed by atoms with E-state index in [0.717, 1.165) is 75.5 Å². The molecule has 1 aliphatic carbocycles.